The summed E-state index contributed by atoms with van der Waals surface area (Å²) in [6.45, 7) is 3.57. The van der Waals surface area contributed by atoms with Gasteiger partial charge in [0.15, 0.2) is 11.5 Å². The Morgan fingerprint density at radius 1 is 0.690 bits per heavy atom. The van der Waals surface area contributed by atoms with Crippen LogP contribution >= 0.6 is 0 Å². The molecule has 2 aromatic carbocycles. The number of anilines is 2. The number of carbonyl (C=O) groups is 2. The number of esters is 2. The number of hydrogen-bond acceptors (Lipinski definition) is 8. The molecule has 42 heavy (non-hydrogen) atoms. The van der Waals surface area contributed by atoms with Crippen LogP contribution in [0.4, 0.5) is 11.4 Å². The van der Waals surface area contributed by atoms with E-state index in [2.05, 4.69) is 6.92 Å². The van der Waals surface area contributed by atoms with Crippen LogP contribution in [0.1, 0.15) is 106 Å². The Kier molecular flexibility index (Phi) is 17.3. The second kappa shape index (κ2) is 21.1. The number of unbranched alkanes of at least 4 members (excludes halogenated alkanes) is 11. The molecule has 0 fully saturated rings. The van der Waals surface area contributed by atoms with Gasteiger partial charge in [-0.3, -0.25) is 0 Å². The van der Waals surface area contributed by atoms with Gasteiger partial charge in [-0.05, 0) is 74.1 Å². The predicted molar refractivity (Wildman–Crippen MR) is 170 cm³/mol. The lowest BCUT2D eigenvalue weighted by Crippen LogP contribution is -2.08. The summed E-state index contributed by atoms with van der Waals surface area (Å²) in [5, 5.41) is 0. The van der Waals surface area contributed by atoms with E-state index < -0.39 is 5.97 Å². The van der Waals surface area contributed by atoms with Crippen molar-refractivity contribution >= 4 is 29.4 Å². The lowest BCUT2D eigenvalue weighted by atomic mass is 10.1. The van der Waals surface area contributed by atoms with Crippen LogP contribution in [0.25, 0.3) is 6.08 Å². The molecule has 0 unspecified atom stereocenters. The number of rotatable bonds is 22. The first-order valence-corrected chi connectivity index (χ1v) is 15.4. The van der Waals surface area contributed by atoms with E-state index in [1.54, 1.807) is 31.4 Å². The largest absolute Gasteiger partial charge is 0.493 e. The monoisotopic (exact) mass is 582 g/mol. The van der Waals surface area contributed by atoms with Crippen molar-refractivity contribution in [1.29, 1.82) is 0 Å². The molecule has 0 bridgehead atoms. The Hall–Kier alpha value is -3.68. The van der Waals surface area contributed by atoms with E-state index in [4.69, 9.17) is 30.4 Å². The molecule has 0 saturated heterocycles. The lowest BCUT2D eigenvalue weighted by Gasteiger charge is -2.11. The van der Waals surface area contributed by atoms with Crippen molar-refractivity contribution in [2.24, 2.45) is 0 Å². The van der Waals surface area contributed by atoms with Crippen LogP contribution in [0.5, 0.6) is 11.5 Å². The van der Waals surface area contributed by atoms with Gasteiger partial charge >= 0.3 is 11.9 Å². The Morgan fingerprint density at radius 3 is 1.88 bits per heavy atom. The summed E-state index contributed by atoms with van der Waals surface area (Å²) >= 11 is 0. The number of methoxy groups -OCH3 is 1. The van der Waals surface area contributed by atoms with Gasteiger partial charge < -0.3 is 30.4 Å². The summed E-state index contributed by atoms with van der Waals surface area (Å²) in [6.07, 6.45) is 17.7. The summed E-state index contributed by atoms with van der Waals surface area (Å²) in [6, 6.07) is 10.3. The Morgan fingerprint density at radius 2 is 1.26 bits per heavy atom. The molecular weight excluding hydrogens is 532 g/mol. The maximum atomic E-state index is 12.1. The Bertz CT molecular complexity index is 1080. The van der Waals surface area contributed by atoms with Crippen LogP contribution in [-0.4, -0.2) is 38.9 Å². The van der Waals surface area contributed by atoms with Crippen molar-refractivity contribution in [3.63, 3.8) is 0 Å². The fourth-order valence-corrected chi connectivity index (χ4v) is 4.49. The lowest BCUT2D eigenvalue weighted by molar-refractivity contribution is -0.137. The van der Waals surface area contributed by atoms with E-state index in [9.17, 15) is 9.59 Å². The average molecular weight is 583 g/mol. The van der Waals surface area contributed by atoms with Crippen LogP contribution in [0.3, 0.4) is 0 Å². The summed E-state index contributed by atoms with van der Waals surface area (Å²) in [5.74, 6) is 0.499. The number of benzene rings is 2. The molecule has 0 spiro atoms. The van der Waals surface area contributed by atoms with Gasteiger partial charge in [-0.1, -0.05) is 64.4 Å². The summed E-state index contributed by atoms with van der Waals surface area (Å²) in [4.78, 5) is 24.2. The van der Waals surface area contributed by atoms with Crippen molar-refractivity contribution in [2.75, 3.05) is 38.4 Å². The van der Waals surface area contributed by atoms with Crippen LogP contribution in [0.2, 0.25) is 0 Å². The SMILES string of the molecule is CCCCCCCCCCCOC(=O)C=Cc1ccc(OCCCCCCOC(=O)c2cc(N)cc(N)c2)c(OC)c1. The van der Waals surface area contributed by atoms with Gasteiger partial charge in [0.1, 0.15) is 0 Å². The number of hydrogen-bond donors (Lipinski definition) is 2. The molecule has 0 atom stereocenters. The second-order valence-electron chi connectivity index (χ2n) is 10.5. The van der Waals surface area contributed by atoms with Gasteiger partial charge in [0, 0.05) is 17.5 Å². The van der Waals surface area contributed by atoms with E-state index in [-0.39, 0.29) is 5.97 Å². The minimum atomic E-state index is -0.423. The van der Waals surface area contributed by atoms with Crippen LogP contribution in [0.15, 0.2) is 42.5 Å². The number of carbonyl (C=O) groups excluding carboxylic acids is 2. The summed E-state index contributed by atoms with van der Waals surface area (Å²) in [5.41, 5.74) is 13.5. The van der Waals surface area contributed by atoms with Crippen molar-refractivity contribution in [3.8, 4) is 11.5 Å². The molecule has 8 nitrogen and oxygen atoms in total. The minimum absolute atomic E-state index is 0.335. The van der Waals surface area contributed by atoms with Gasteiger partial charge in [-0.15, -0.1) is 0 Å². The van der Waals surface area contributed by atoms with Crippen molar-refractivity contribution in [3.05, 3.63) is 53.6 Å². The normalized spacial score (nSPS) is 11.0. The maximum absolute atomic E-state index is 12.1. The quantitative estimate of drug-likeness (QED) is 0.0625. The Balaban J connectivity index is 1.57. The van der Waals surface area contributed by atoms with E-state index in [1.165, 1.54) is 51.0 Å². The summed E-state index contributed by atoms with van der Waals surface area (Å²) in [7, 11) is 1.59. The molecule has 0 saturated carbocycles. The highest BCUT2D eigenvalue weighted by Crippen LogP contribution is 2.29. The summed E-state index contributed by atoms with van der Waals surface area (Å²) < 4.78 is 22.0. The first-order chi connectivity index (χ1) is 20.4. The van der Waals surface area contributed by atoms with Gasteiger partial charge in [0.2, 0.25) is 0 Å². The zero-order valence-corrected chi connectivity index (χ0v) is 25.5. The number of ether oxygens (including phenoxy) is 4. The minimum Gasteiger partial charge on any atom is -0.493 e. The molecule has 0 aliphatic carbocycles. The van der Waals surface area contributed by atoms with Crippen molar-refractivity contribution < 1.29 is 28.5 Å². The number of nitrogen functional groups attached to an aromatic ring is 2. The van der Waals surface area contributed by atoms with Crippen LogP contribution < -0.4 is 20.9 Å². The molecule has 0 aromatic heterocycles. The van der Waals surface area contributed by atoms with E-state index in [0.717, 1.165) is 44.1 Å². The van der Waals surface area contributed by atoms with Gasteiger partial charge in [0.05, 0.1) is 32.5 Å². The fraction of sp³-hybridized carbons (Fsp3) is 0.529. The highest BCUT2D eigenvalue weighted by molar-refractivity contribution is 5.91. The standard InChI is InChI=1S/C34H50N2O6/c1-3-4-5-6-7-8-9-10-14-21-41-33(37)19-17-27-16-18-31(32(23-27)39-2)40-20-13-11-12-15-22-42-34(38)28-24-29(35)26-30(36)25-28/h16-19,23-26H,3-15,20-22,35-36H2,1-2H3. The van der Waals surface area contributed by atoms with Crippen LogP contribution in [0, 0.1) is 0 Å². The molecule has 8 heteroatoms. The highest BCUT2D eigenvalue weighted by atomic mass is 16.5. The topological polar surface area (TPSA) is 123 Å². The fourth-order valence-electron chi connectivity index (χ4n) is 4.49. The molecular formula is C34H50N2O6. The molecule has 0 radical (unpaired) electrons. The smallest absolute Gasteiger partial charge is 0.338 e. The average Bonchev–Trinajstić information content (AvgIpc) is 2.98. The molecule has 0 aliphatic heterocycles. The Labute approximate surface area is 251 Å². The molecule has 2 rings (SSSR count). The van der Waals surface area contributed by atoms with Crippen molar-refractivity contribution in [1.82, 2.24) is 0 Å². The zero-order chi connectivity index (χ0) is 30.4. The third kappa shape index (κ3) is 14.8. The first-order valence-electron chi connectivity index (χ1n) is 15.4. The molecule has 232 valence electrons. The van der Waals surface area contributed by atoms with Crippen molar-refractivity contribution in [2.45, 2.75) is 90.4 Å². The predicted octanol–water partition coefficient (Wildman–Crippen LogP) is 7.74. The van der Waals surface area contributed by atoms with E-state index >= 15 is 0 Å². The molecule has 0 amide bonds. The molecule has 0 aliphatic rings. The molecule has 2 aromatic rings. The zero-order valence-electron chi connectivity index (χ0n) is 25.5. The van der Waals surface area contributed by atoms with E-state index in [1.807, 2.05) is 18.2 Å². The third-order valence-corrected chi connectivity index (χ3v) is 6.83. The molecule has 4 N–H and O–H groups in total. The first kappa shape index (κ1) is 34.5. The highest BCUT2D eigenvalue weighted by Gasteiger charge is 2.09. The van der Waals surface area contributed by atoms with Crippen LogP contribution in [-0.2, 0) is 14.3 Å². The number of nitrogens with two attached hydrogens (primary N) is 2. The second-order valence-corrected chi connectivity index (χ2v) is 10.5. The van der Waals surface area contributed by atoms with Gasteiger partial charge in [-0.2, -0.15) is 0 Å². The van der Waals surface area contributed by atoms with Gasteiger partial charge in [-0.25, -0.2) is 9.59 Å². The third-order valence-electron chi connectivity index (χ3n) is 6.83. The maximum Gasteiger partial charge on any atom is 0.338 e. The van der Waals surface area contributed by atoms with E-state index in [0.29, 0.717) is 48.3 Å². The van der Waals surface area contributed by atoms with Gasteiger partial charge in [0.25, 0.3) is 0 Å². The molecule has 0 heterocycles.